The van der Waals surface area contributed by atoms with Crippen LogP contribution in [0.25, 0.3) is 0 Å². The van der Waals surface area contributed by atoms with Gasteiger partial charge in [-0.2, -0.15) is 0 Å². The average molecular weight is 621 g/mol. The van der Waals surface area contributed by atoms with Gasteiger partial charge >= 0.3 is 5.97 Å². The van der Waals surface area contributed by atoms with Crippen molar-refractivity contribution in [2.75, 3.05) is 6.61 Å². The number of ketones is 2. The first-order chi connectivity index (χ1) is 20.7. The molecule has 0 saturated carbocycles. The lowest BCUT2D eigenvalue weighted by Crippen LogP contribution is -2.64. The number of phenolic OH excluding ortho intramolecular Hbond substituents is 2. The first kappa shape index (κ1) is 31.7. The third-order valence-corrected chi connectivity index (χ3v) is 7.91. The zero-order valence-electron chi connectivity index (χ0n) is 23.7. The number of hydrogen-bond acceptors (Lipinski definition) is 15. The van der Waals surface area contributed by atoms with Crippen LogP contribution in [0.2, 0.25) is 0 Å². The zero-order chi connectivity index (χ0) is 32.2. The zero-order valence-corrected chi connectivity index (χ0v) is 23.7. The van der Waals surface area contributed by atoms with Crippen molar-refractivity contribution in [3.8, 4) is 17.2 Å². The highest BCUT2D eigenvalue weighted by molar-refractivity contribution is 6.29. The lowest BCUT2D eigenvalue weighted by molar-refractivity contribution is -0.354. The fourth-order valence-corrected chi connectivity index (χ4v) is 5.36. The molecule has 2 heterocycles. The molecule has 0 aromatic heterocycles. The maximum absolute atomic E-state index is 13.4. The van der Waals surface area contributed by atoms with E-state index in [0.29, 0.717) is 0 Å². The molecule has 2 saturated heterocycles. The Labute approximate surface area is 249 Å². The van der Waals surface area contributed by atoms with E-state index >= 15 is 0 Å². The van der Waals surface area contributed by atoms with Crippen LogP contribution in [0.3, 0.4) is 0 Å². The molecule has 2 aromatic rings. The molecule has 0 unspecified atom stereocenters. The number of phenols is 2. The van der Waals surface area contributed by atoms with Gasteiger partial charge in [-0.15, -0.1) is 0 Å². The van der Waals surface area contributed by atoms with Gasteiger partial charge in [-0.25, -0.2) is 0 Å². The van der Waals surface area contributed by atoms with E-state index in [1.807, 2.05) is 0 Å². The number of ether oxygens (including phenoxy) is 5. The molecular weight excluding hydrogens is 588 g/mol. The van der Waals surface area contributed by atoms with Crippen molar-refractivity contribution in [3.63, 3.8) is 0 Å². The number of benzene rings is 2. The highest BCUT2D eigenvalue weighted by Gasteiger charge is 2.51. The summed E-state index contributed by atoms with van der Waals surface area (Å²) in [6, 6.07) is 4.77. The summed E-state index contributed by atoms with van der Waals surface area (Å²) >= 11 is 0. The highest BCUT2D eigenvalue weighted by Crippen LogP contribution is 2.41. The van der Waals surface area contributed by atoms with Crippen LogP contribution >= 0.6 is 0 Å². The molecule has 1 aliphatic carbocycles. The lowest BCUT2D eigenvalue weighted by atomic mass is 9.82. The maximum atomic E-state index is 13.4. The van der Waals surface area contributed by atoms with Gasteiger partial charge in [-0.05, 0) is 38.1 Å². The molecule has 15 heteroatoms. The van der Waals surface area contributed by atoms with Crippen LogP contribution in [-0.4, -0.2) is 121 Å². The van der Waals surface area contributed by atoms with E-state index < -0.39 is 91.3 Å². The second kappa shape index (κ2) is 12.0. The minimum absolute atomic E-state index is 0.0206. The molecule has 0 radical (unpaired) electrons. The van der Waals surface area contributed by atoms with Crippen LogP contribution < -0.4 is 4.74 Å². The van der Waals surface area contributed by atoms with Gasteiger partial charge in [0.2, 0.25) is 6.29 Å². The molecule has 10 atom stereocenters. The molecule has 2 aliphatic heterocycles. The summed E-state index contributed by atoms with van der Waals surface area (Å²) in [7, 11) is 0. The maximum Gasteiger partial charge on any atom is 0.302 e. The van der Waals surface area contributed by atoms with Crippen LogP contribution in [0.1, 0.15) is 51.3 Å². The Bertz CT molecular complexity index is 1470. The Morgan fingerprint density at radius 3 is 2.23 bits per heavy atom. The Morgan fingerprint density at radius 1 is 0.841 bits per heavy atom. The van der Waals surface area contributed by atoms with Crippen LogP contribution in [0, 0.1) is 6.92 Å². The highest BCUT2D eigenvalue weighted by atomic mass is 16.8. The first-order valence-corrected chi connectivity index (χ1v) is 13.7. The predicted octanol–water partition coefficient (Wildman–Crippen LogP) is -1.22. The van der Waals surface area contributed by atoms with Crippen LogP contribution in [0.15, 0.2) is 24.3 Å². The van der Waals surface area contributed by atoms with Crippen LogP contribution in [-0.2, 0) is 23.7 Å². The summed E-state index contributed by atoms with van der Waals surface area (Å²) < 4.78 is 27.9. The van der Waals surface area contributed by atoms with Crippen LogP contribution in [0.5, 0.6) is 17.2 Å². The second-order valence-corrected chi connectivity index (χ2v) is 10.9. The van der Waals surface area contributed by atoms with Crippen molar-refractivity contribution in [1.29, 1.82) is 0 Å². The Kier molecular flexibility index (Phi) is 8.67. The molecule has 0 bridgehead atoms. The summed E-state index contributed by atoms with van der Waals surface area (Å²) in [5.74, 6) is -3.15. The van der Waals surface area contributed by atoms with Gasteiger partial charge in [0.15, 0.2) is 24.0 Å². The van der Waals surface area contributed by atoms with Crippen molar-refractivity contribution >= 4 is 17.5 Å². The van der Waals surface area contributed by atoms with Gasteiger partial charge in [-0.3, -0.25) is 14.4 Å². The SMILES string of the molecule is CC(=O)OC[C@H]1O[C@@H](Oc2cc3c(c(O)c2C)C(=O)c2ccc(O)cc2C3=O)[C@H](O[C@H]2O[C@H](C)[C@@H](O)[C@H](O)[C@@H]2O)[C@@H](O)[C@@H]1O. The number of carbonyl (C=O) groups excluding carboxylic acids is 3. The van der Waals surface area contributed by atoms with Crippen LogP contribution in [0.4, 0.5) is 0 Å². The molecule has 44 heavy (non-hydrogen) atoms. The fourth-order valence-electron chi connectivity index (χ4n) is 5.36. The van der Waals surface area contributed by atoms with E-state index in [0.717, 1.165) is 19.1 Å². The number of aliphatic hydroxyl groups excluding tert-OH is 5. The number of hydrogen-bond donors (Lipinski definition) is 7. The fraction of sp³-hybridized carbons (Fsp3) is 0.483. The van der Waals surface area contributed by atoms with Gasteiger partial charge in [0, 0.05) is 29.2 Å². The van der Waals surface area contributed by atoms with Crippen molar-refractivity contribution in [3.05, 3.63) is 52.1 Å². The van der Waals surface area contributed by atoms with E-state index in [9.17, 15) is 50.1 Å². The summed E-state index contributed by atoms with van der Waals surface area (Å²) in [5.41, 5.74) is -0.698. The summed E-state index contributed by atoms with van der Waals surface area (Å²) in [4.78, 5) is 38.0. The molecule has 2 fully saturated rings. The molecule has 0 spiro atoms. The number of esters is 1. The Balaban J connectivity index is 1.51. The Hall–Kier alpha value is -3.67. The van der Waals surface area contributed by atoms with Crippen molar-refractivity contribution in [2.24, 2.45) is 0 Å². The van der Waals surface area contributed by atoms with Crippen molar-refractivity contribution < 1.29 is 73.8 Å². The number of aliphatic hydroxyl groups is 5. The quantitative estimate of drug-likeness (QED) is 0.160. The summed E-state index contributed by atoms with van der Waals surface area (Å²) in [6.07, 6.45) is -16.0. The summed E-state index contributed by atoms with van der Waals surface area (Å²) in [6.45, 7) is 3.37. The van der Waals surface area contributed by atoms with E-state index in [-0.39, 0.29) is 39.3 Å². The standard InChI is InChI=1S/C29H32O15/c1-9-16(7-15-18(19(9)32)22(35)13-5-4-12(31)6-14(13)21(15)34)42-29-27(25(38)23(36)17(43-29)8-40-11(3)30)44-28-26(39)24(37)20(33)10(2)41-28/h4-7,10,17,20,23-29,31-33,36-39H,8H2,1-3H3/t10-,17-,20-,23-,24+,25+,26+,27-,28-,29-/m1/s1. The largest absolute Gasteiger partial charge is 0.508 e. The molecule has 15 nitrogen and oxygen atoms in total. The van der Waals surface area contributed by atoms with Gasteiger partial charge in [0.25, 0.3) is 0 Å². The third-order valence-electron chi connectivity index (χ3n) is 7.91. The number of rotatable bonds is 6. The van der Waals surface area contributed by atoms with E-state index in [1.165, 1.54) is 26.0 Å². The van der Waals surface area contributed by atoms with E-state index in [1.54, 1.807) is 0 Å². The number of fused-ring (bicyclic) bond motifs is 2. The third kappa shape index (κ3) is 5.52. The second-order valence-electron chi connectivity index (χ2n) is 10.9. The lowest BCUT2D eigenvalue weighted by Gasteiger charge is -2.45. The Morgan fingerprint density at radius 2 is 1.55 bits per heavy atom. The molecule has 7 N–H and O–H groups in total. The molecule has 238 valence electrons. The number of carbonyl (C=O) groups is 3. The topological polar surface area (TPSA) is 239 Å². The normalized spacial score (nSPS) is 33.4. The molecule has 3 aliphatic rings. The van der Waals surface area contributed by atoms with Gasteiger partial charge in [0.1, 0.15) is 60.5 Å². The first-order valence-electron chi connectivity index (χ1n) is 13.7. The minimum atomic E-state index is -1.84. The van der Waals surface area contributed by atoms with Crippen molar-refractivity contribution in [2.45, 2.75) is 82.2 Å². The van der Waals surface area contributed by atoms with Gasteiger partial charge in [0.05, 0.1) is 11.7 Å². The van der Waals surface area contributed by atoms with E-state index in [4.69, 9.17) is 23.7 Å². The smallest absolute Gasteiger partial charge is 0.302 e. The molecule has 5 rings (SSSR count). The molecular formula is C29H32O15. The molecule has 0 amide bonds. The monoisotopic (exact) mass is 620 g/mol. The average Bonchev–Trinajstić information content (AvgIpc) is 2.98. The van der Waals surface area contributed by atoms with E-state index in [2.05, 4.69) is 0 Å². The van der Waals surface area contributed by atoms with Gasteiger partial charge in [-0.1, -0.05) is 0 Å². The minimum Gasteiger partial charge on any atom is -0.508 e. The summed E-state index contributed by atoms with van der Waals surface area (Å²) in [5, 5.41) is 73.5. The van der Waals surface area contributed by atoms with Crippen molar-refractivity contribution in [1.82, 2.24) is 0 Å². The van der Waals surface area contributed by atoms with Gasteiger partial charge < -0.3 is 59.4 Å². The number of aromatic hydroxyl groups is 2. The molecule has 2 aromatic carbocycles. The predicted molar refractivity (Wildman–Crippen MR) is 143 cm³/mol.